The van der Waals surface area contributed by atoms with Crippen LogP contribution in [0.2, 0.25) is 0 Å². The normalized spacial score (nSPS) is 23.6. The molecule has 25 heavy (non-hydrogen) atoms. The minimum atomic E-state index is -0.284. The number of carbonyl (C=O) groups excluding carboxylic acids is 1. The zero-order chi connectivity index (χ0) is 18.0. The lowest BCUT2D eigenvalue weighted by Crippen LogP contribution is -2.52. The average Bonchev–Trinajstić information content (AvgIpc) is 2.98. The van der Waals surface area contributed by atoms with Crippen molar-refractivity contribution in [1.82, 2.24) is 14.8 Å². The second kappa shape index (κ2) is 7.30. The standard InChI is InChI=1S/C19H29N3O3/c1-14(2)4-8-21-9-5-15(3)16(17(21)23)18(24)22-10-6-19(13-22)12-20-7-11-25-19/h5,9,14,20H,4,6-8,10-13H2,1-3H3. The lowest BCUT2D eigenvalue weighted by atomic mass is 10.0. The number of rotatable bonds is 4. The maximum absolute atomic E-state index is 13.0. The maximum atomic E-state index is 13.0. The van der Waals surface area contributed by atoms with Gasteiger partial charge in [0, 0.05) is 32.4 Å². The first-order chi connectivity index (χ1) is 11.9. The summed E-state index contributed by atoms with van der Waals surface area (Å²) in [5.41, 5.74) is 0.605. The Kier molecular flexibility index (Phi) is 5.29. The van der Waals surface area contributed by atoms with Crippen LogP contribution in [-0.2, 0) is 11.3 Å². The fourth-order valence-electron chi connectivity index (χ4n) is 3.64. The van der Waals surface area contributed by atoms with Crippen LogP contribution in [0.3, 0.4) is 0 Å². The number of aromatic nitrogens is 1. The van der Waals surface area contributed by atoms with E-state index in [1.54, 1.807) is 15.7 Å². The largest absolute Gasteiger partial charge is 0.370 e. The molecule has 1 unspecified atom stereocenters. The van der Waals surface area contributed by atoms with Gasteiger partial charge in [0.2, 0.25) is 0 Å². The minimum absolute atomic E-state index is 0.160. The van der Waals surface area contributed by atoms with Crippen LogP contribution in [0.1, 0.15) is 42.6 Å². The highest BCUT2D eigenvalue weighted by Crippen LogP contribution is 2.27. The number of ether oxygens (including phenoxy) is 1. The van der Waals surface area contributed by atoms with Gasteiger partial charge in [-0.3, -0.25) is 9.59 Å². The molecular weight excluding hydrogens is 318 g/mol. The molecule has 6 heteroatoms. The summed E-state index contributed by atoms with van der Waals surface area (Å²) in [4.78, 5) is 27.7. The van der Waals surface area contributed by atoms with Crippen LogP contribution in [0.4, 0.5) is 0 Å². The van der Waals surface area contributed by atoms with Gasteiger partial charge in [0.15, 0.2) is 0 Å². The first kappa shape index (κ1) is 18.1. The third-order valence-electron chi connectivity index (χ3n) is 5.27. The fourth-order valence-corrected chi connectivity index (χ4v) is 3.64. The number of pyridine rings is 1. The zero-order valence-electron chi connectivity index (χ0n) is 15.5. The van der Waals surface area contributed by atoms with Gasteiger partial charge in [-0.2, -0.15) is 0 Å². The Bertz CT molecular complexity index is 690. The highest BCUT2D eigenvalue weighted by Gasteiger charge is 2.42. The Balaban J connectivity index is 1.80. The molecule has 2 saturated heterocycles. The maximum Gasteiger partial charge on any atom is 0.263 e. The van der Waals surface area contributed by atoms with Gasteiger partial charge in [-0.1, -0.05) is 13.8 Å². The van der Waals surface area contributed by atoms with E-state index in [9.17, 15) is 9.59 Å². The zero-order valence-corrected chi connectivity index (χ0v) is 15.5. The molecule has 1 aromatic heterocycles. The van der Waals surface area contributed by atoms with Crippen LogP contribution >= 0.6 is 0 Å². The molecule has 0 aromatic carbocycles. The summed E-state index contributed by atoms with van der Waals surface area (Å²) in [6, 6.07) is 1.87. The molecule has 6 nitrogen and oxygen atoms in total. The molecule has 0 radical (unpaired) electrons. The van der Waals surface area contributed by atoms with Crippen LogP contribution in [0.25, 0.3) is 0 Å². The lowest BCUT2D eigenvalue weighted by molar-refractivity contribution is -0.0559. The number of carbonyl (C=O) groups is 1. The van der Waals surface area contributed by atoms with E-state index >= 15 is 0 Å². The number of morpholine rings is 1. The van der Waals surface area contributed by atoms with Gasteiger partial charge >= 0.3 is 0 Å². The SMILES string of the molecule is Cc1ccn(CCC(C)C)c(=O)c1C(=O)N1CCC2(CNCCO2)C1. The van der Waals surface area contributed by atoms with E-state index in [4.69, 9.17) is 4.74 Å². The molecule has 1 amide bonds. The van der Waals surface area contributed by atoms with E-state index < -0.39 is 0 Å². The van der Waals surface area contributed by atoms with Gasteiger partial charge in [0.05, 0.1) is 18.8 Å². The van der Waals surface area contributed by atoms with Crippen molar-refractivity contribution in [1.29, 1.82) is 0 Å². The lowest BCUT2D eigenvalue weighted by Gasteiger charge is -2.34. The smallest absolute Gasteiger partial charge is 0.263 e. The van der Waals surface area contributed by atoms with Crippen molar-refractivity contribution in [3.63, 3.8) is 0 Å². The van der Waals surface area contributed by atoms with E-state index in [2.05, 4.69) is 19.2 Å². The first-order valence-corrected chi connectivity index (χ1v) is 9.26. The summed E-state index contributed by atoms with van der Waals surface area (Å²) in [6.45, 7) is 10.2. The Morgan fingerprint density at radius 1 is 1.44 bits per heavy atom. The second-order valence-electron chi connectivity index (χ2n) is 7.74. The Hall–Kier alpha value is -1.66. The van der Waals surface area contributed by atoms with Gasteiger partial charge in [-0.25, -0.2) is 0 Å². The van der Waals surface area contributed by atoms with Crippen molar-refractivity contribution in [2.24, 2.45) is 5.92 Å². The average molecular weight is 347 g/mol. The highest BCUT2D eigenvalue weighted by atomic mass is 16.5. The van der Waals surface area contributed by atoms with Gasteiger partial charge < -0.3 is 19.5 Å². The summed E-state index contributed by atoms with van der Waals surface area (Å²) in [7, 11) is 0. The van der Waals surface area contributed by atoms with Crippen LogP contribution < -0.4 is 10.9 Å². The van der Waals surface area contributed by atoms with E-state index in [-0.39, 0.29) is 17.1 Å². The topological polar surface area (TPSA) is 63.6 Å². The molecule has 3 rings (SSSR count). The number of aryl methyl sites for hydroxylation is 2. The Morgan fingerprint density at radius 2 is 2.24 bits per heavy atom. The van der Waals surface area contributed by atoms with Crippen LogP contribution in [0.5, 0.6) is 0 Å². The summed E-state index contributed by atoms with van der Waals surface area (Å²) in [6.07, 6.45) is 3.54. The van der Waals surface area contributed by atoms with E-state index in [0.717, 1.165) is 31.5 Å². The highest BCUT2D eigenvalue weighted by molar-refractivity contribution is 5.95. The summed E-state index contributed by atoms with van der Waals surface area (Å²) in [5.74, 6) is 0.356. The summed E-state index contributed by atoms with van der Waals surface area (Å²) < 4.78 is 7.62. The van der Waals surface area contributed by atoms with Crippen LogP contribution in [0.15, 0.2) is 17.1 Å². The van der Waals surface area contributed by atoms with Crippen LogP contribution in [-0.4, -0.2) is 53.8 Å². The molecule has 0 saturated carbocycles. The number of nitrogens with one attached hydrogen (secondary N) is 1. The number of nitrogens with zero attached hydrogens (tertiary/aromatic N) is 2. The molecule has 2 aliphatic heterocycles. The van der Waals surface area contributed by atoms with Gasteiger partial charge in [-0.15, -0.1) is 0 Å². The van der Waals surface area contributed by atoms with Crippen molar-refractivity contribution < 1.29 is 9.53 Å². The number of hydrogen-bond acceptors (Lipinski definition) is 4. The fraction of sp³-hybridized carbons (Fsp3) is 0.684. The van der Waals surface area contributed by atoms with E-state index in [0.29, 0.717) is 37.7 Å². The van der Waals surface area contributed by atoms with E-state index in [1.807, 2.05) is 13.0 Å². The second-order valence-corrected chi connectivity index (χ2v) is 7.74. The summed E-state index contributed by atoms with van der Waals surface area (Å²) in [5, 5.41) is 3.35. The monoisotopic (exact) mass is 347 g/mol. The molecule has 0 aliphatic carbocycles. The molecule has 1 N–H and O–H groups in total. The third-order valence-corrected chi connectivity index (χ3v) is 5.27. The molecule has 1 spiro atoms. The van der Waals surface area contributed by atoms with E-state index in [1.165, 1.54) is 0 Å². The molecule has 1 aromatic rings. The molecule has 138 valence electrons. The van der Waals surface area contributed by atoms with Crippen molar-refractivity contribution in [3.05, 3.63) is 33.7 Å². The van der Waals surface area contributed by atoms with Gasteiger partial charge in [0.25, 0.3) is 11.5 Å². The number of hydrogen-bond donors (Lipinski definition) is 1. The van der Waals surface area contributed by atoms with Crippen molar-refractivity contribution in [3.8, 4) is 0 Å². The van der Waals surface area contributed by atoms with Crippen molar-refractivity contribution in [2.45, 2.75) is 45.8 Å². The van der Waals surface area contributed by atoms with Gasteiger partial charge in [-0.05, 0) is 37.3 Å². The third kappa shape index (κ3) is 3.80. The molecular formula is C19H29N3O3. The molecule has 2 aliphatic rings. The Labute approximate surface area is 149 Å². The van der Waals surface area contributed by atoms with Crippen LogP contribution in [0, 0.1) is 12.8 Å². The van der Waals surface area contributed by atoms with Gasteiger partial charge in [0.1, 0.15) is 5.56 Å². The molecule has 2 fully saturated rings. The Morgan fingerprint density at radius 3 is 2.92 bits per heavy atom. The molecule has 1 atom stereocenters. The minimum Gasteiger partial charge on any atom is -0.370 e. The predicted octanol–water partition coefficient (Wildman–Crippen LogP) is 1.41. The number of amides is 1. The molecule has 3 heterocycles. The van der Waals surface area contributed by atoms with Crippen molar-refractivity contribution >= 4 is 5.91 Å². The summed E-state index contributed by atoms with van der Waals surface area (Å²) >= 11 is 0. The quantitative estimate of drug-likeness (QED) is 0.894. The predicted molar refractivity (Wildman–Crippen MR) is 97.0 cm³/mol. The number of likely N-dealkylation sites (tertiary alicyclic amines) is 1. The van der Waals surface area contributed by atoms with Crippen molar-refractivity contribution in [2.75, 3.05) is 32.8 Å². The first-order valence-electron chi connectivity index (χ1n) is 9.26. The molecule has 0 bridgehead atoms.